The first kappa shape index (κ1) is 19.6. The molecule has 0 aromatic heterocycles. The van der Waals surface area contributed by atoms with E-state index in [1.165, 1.54) is 0 Å². The Morgan fingerprint density at radius 2 is 1.57 bits per heavy atom. The van der Waals surface area contributed by atoms with Crippen LogP contribution in [0.2, 0.25) is 5.02 Å². The molecule has 0 heterocycles. The van der Waals surface area contributed by atoms with Crippen molar-refractivity contribution in [2.24, 2.45) is 0 Å². The van der Waals surface area contributed by atoms with Gasteiger partial charge in [0.05, 0.1) is 5.56 Å². The Balaban J connectivity index is 1.55. The first-order chi connectivity index (χ1) is 13.6. The number of carbonyl (C=O) groups excluding carboxylic acids is 2. The molecule has 3 rings (SSSR count). The number of nitrogens with one attached hydrogen (secondary N) is 1. The van der Waals surface area contributed by atoms with E-state index < -0.39 is 5.97 Å². The molecule has 142 valence electrons. The number of hydrogen-bond acceptors (Lipinski definition) is 3. The minimum atomic E-state index is -0.510. The van der Waals surface area contributed by atoms with Crippen molar-refractivity contribution in [3.8, 4) is 0 Å². The first-order valence-electron chi connectivity index (χ1n) is 8.92. The third kappa shape index (κ3) is 5.69. The average molecular weight is 394 g/mol. The molecule has 3 aromatic carbocycles. The Hall–Kier alpha value is -3.11. The van der Waals surface area contributed by atoms with Crippen molar-refractivity contribution in [2.75, 3.05) is 6.61 Å². The fourth-order valence-corrected chi connectivity index (χ4v) is 3.01. The van der Waals surface area contributed by atoms with Crippen LogP contribution in [0.15, 0.2) is 78.9 Å². The molecule has 1 N–H and O–H groups in total. The van der Waals surface area contributed by atoms with E-state index in [4.69, 9.17) is 16.3 Å². The van der Waals surface area contributed by atoms with Crippen LogP contribution in [0.3, 0.4) is 0 Å². The normalized spacial score (nSPS) is 10.3. The Labute approximate surface area is 169 Å². The fraction of sp³-hybridized carbons (Fsp3) is 0.130. The van der Waals surface area contributed by atoms with Gasteiger partial charge in [0.15, 0.2) is 6.61 Å². The van der Waals surface area contributed by atoms with Gasteiger partial charge in [-0.25, -0.2) is 4.79 Å². The Bertz CT molecular complexity index is 957. The molecule has 0 aliphatic carbocycles. The molecule has 0 saturated carbocycles. The molecule has 0 bridgehead atoms. The Kier molecular flexibility index (Phi) is 6.82. The summed E-state index contributed by atoms with van der Waals surface area (Å²) in [5.41, 5.74) is 3.30. The van der Waals surface area contributed by atoms with Crippen molar-refractivity contribution in [3.05, 3.63) is 106 Å². The maximum atomic E-state index is 12.5. The monoisotopic (exact) mass is 393 g/mol. The summed E-state index contributed by atoms with van der Waals surface area (Å²) in [5.74, 6) is -0.877. The lowest BCUT2D eigenvalue weighted by Gasteiger charge is -2.10. The summed E-state index contributed by atoms with van der Waals surface area (Å²) in [6, 6.07) is 24.4. The number of amides is 1. The van der Waals surface area contributed by atoms with E-state index >= 15 is 0 Å². The van der Waals surface area contributed by atoms with Gasteiger partial charge >= 0.3 is 5.97 Å². The van der Waals surface area contributed by atoms with Gasteiger partial charge in [-0.05, 0) is 41.3 Å². The van der Waals surface area contributed by atoms with Crippen LogP contribution < -0.4 is 5.32 Å². The Morgan fingerprint density at radius 1 is 0.857 bits per heavy atom. The highest BCUT2D eigenvalue weighted by atomic mass is 35.5. The lowest BCUT2D eigenvalue weighted by atomic mass is 10.00. The number of halogens is 1. The highest BCUT2D eigenvalue weighted by Crippen LogP contribution is 2.15. The molecule has 0 unspecified atom stereocenters. The molecule has 0 aliphatic heterocycles. The lowest BCUT2D eigenvalue weighted by Crippen LogP contribution is -2.28. The number of esters is 1. The molecule has 4 nitrogen and oxygen atoms in total. The maximum absolute atomic E-state index is 12.5. The summed E-state index contributed by atoms with van der Waals surface area (Å²) in [7, 11) is 0. The van der Waals surface area contributed by atoms with Crippen LogP contribution in [0.25, 0.3) is 0 Å². The summed E-state index contributed by atoms with van der Waals surface area (Å²) in [6.45, 7) is -0.0133. The van der Waals surface area contributed by atoms with Crippen molar-refractivity contribution >= 4 is 23.5 Å². The van der Waals surface area contributed by atoms with E-state index in [0.717, 1.165) is 16.7 Å². The average Bonchev–Trinajstić information content (AvgIpc) is 2.72. The van der Waals surface area contributed by atoms with Crippen molar-refractivity contribution in [2.45, 2.75) is 13.0 Å². The number of carbonyl (C=O) groups is 2. The molecular formula is C23H20ClNO3. The zero-order chi connectivity index (χ0) is 19.8. The predicted molar refractivity (Wildman–Crippen MR) is 109 cm³/mol. The second-order valence-corrected chi connectivity index (χ2v) is 6.74. The van der Waals surface area contributed by atoms with Crippen LogP contribution in [0.5, 0.6) is 0 Å². The van der Waals surface area contributed by atoms with Gasteiger partial charge in [0.1, 0.15) is 0 Å². The van der Waals surface area contributed by atoms with Gasteiger partial charge in [0.2, 0.25) is 0 Å². The molecule has 5 heteroatoms. The third-order valence-electron chi connectivity index (χ3n) is 4.19. The van der Waals surface area contributed by atoms with Gasteiger partial charge in [-0.2, -0.15) is 0 Å². The first-order valence-corrected chi connectivity index (χ1v) is 9.30. The van der Waals surface area contributed by atoms with Gasteiger partial charge in [0, 0.05) is 11.6 Å². The number of benzene rings is 3. The van der Waals surface area contributed by atoms with Gasteiger partial charge in [-0.15, -0.1) is 0 Å². The van der Waals surface area contributed by atoms with Crippen LogP contribution in [-0.4, -0.2) is 18.5 Å². The molecular weight excluding hydrogens is 374 g/mol. The van der Waals surface area contributed by atoms with E-state index in [2.05, 4.69) is 5.32 Å². The van der Waals surface area contributed by atoms with Crippen LogP contribution in [0.4, 0.5) is 0 Å². The SMILES string of the molecule is O=C(COC(=O)c1ccccc1Cc1ccccc1)NCc1cccc(Cl)c1. The summed E-state index contributed by atoms with van der Waals surface area (Å²) in [5, 5.41) is 3.32. The standard InChI is InChI=1S/C23H20ClNO3/c24-20-11-6-9-18(14-20)15-25-22(26)16-28-23(27)21-12-5-4-10-19(21)13-17-7-2-1-3-8-17/h1-12,14H,13,15-16H2,(H,25,26). The van der Waals surface area contributed by atoms with E-state index in [0.29, 0.717) is 23.6 Å². The van der Waals surface area contributed by atoms with E-state index in [1.807, 2.05) is 54.6 Å². The van der Waals surface area contributed by atoms with Crippen LogP contribution >= 0.6 is 11.6 Å². The van der Waals surface area contributed by atoms with Gasteiger partial charge in [-0.3, -0.25) is 4.79 Å². The molecule has 0 radical (unpaired) electrons. The van der Waals surface area contributed by atoms with Crippen molar-refractivity contribution in [3.63, 3.8) is 0 Å². The maximum Gasteiger partial charge on any atom is 0.338 e. The quantitative estimate of drug-likeness (QED) is 0.605. The molecule has 1 amide bonds. The summed E-state index contributed by atoms with van der Waals surface area (Å²) >= 11 is 5.92. The lowest BCUT2D eigenvalue weighted by molar-refractivity contribution is -0.124. The van der Waals surface area contributed by atoms with Crippen molar-refractivity contribution in [1.82, 2.24) is 5.32 Å². The second kappa shape index (κ2) is 9.72. The molecule has 0 atom stereocenters. The largest absolute Gasteiger partial charge is 0.452 e. The van der Waals surface area contributed by atoms with Gasteiger partial charge in [-0.1, -0.05) is 72.3 Å². The molecule has 0 fully saturated rings. The molecule has 3 aromatic rings. The van der Waals surface area contributed by atoms with Crippen LogP contribution in [-0.2, 0) is 22.5 Å². The number of rotatable bonds is 7. The predicted octanol–water partition coefficient (Wildman–Crippen LogP) is 4.40. The molecule has 28 heavy (non-hydrogen) atoms. The number of hydrogen-bond donors (Lipinski definition) is 1. The van der Waals surface area contributed by atoms with Gasteiger partial charge < -0.3 is 10.1 Å². The highest BCUT2D eigenvalue weighted by molar-refractivity contribution is 6.30. The highest BCUT2D eigenvalue weighted by Gasteiger charge is 2.14. The van der Waals surface area contributed by atoms with Gasteiger partial charge in [0.25, 0.3) is 5.91 Å². The Morgan fingerprint density at radius 3 is 2.36 bits per heavy atom. The third-order valence-corrected chi connectivity index (χ3v) is 4.42. The van der Waals surface area contributed by atoms with E-state index in [9.17, 15) is 9.59 Å². The van der Waals surface area contributed by atoms with E-state index in [-0.39, 0.29) is 12.5 Å². The van der Waals surface area contributed by atoms with Crippen LogP contribution in [0, 0.1) is 0 Å². The van der Waals surface area contributed by atoms with Crippen molar-refractivity contribution in [1.29, 1.82) is 0 Å². The second-order valence-electron chi connectivity index (χ2n) is 6.30. The van der Waals surface area contributed by atoms with E-state index in [1.54, 1.807) is 24.3 Å². The fourth-order valence-electron chi connectivity index (χ4n) is 2.80. The molecule has 0 aliphatic rings. The number of ether oxygens (including phenoxy) is 1. The zero-order valence-corrected chi connectivity index (χ0v) is 16.0. The van der Waals surface area contributed by atoms with Crippen LogP contribution in [0.1, 0.15) is 27.0 Å². The summed E-state index contributed by atoms with van der Waals surface area (Å²) in [4.78, 5) is 24.5. The zero-order valence-electron chi connectivity index (χ0n) is 15.2. The molecule has 0 saturated heterocycles. The minimum Gasteiger partial charge on any atom is -0.452 e. The molecule has 0 spiro atoms. The van der Waals surface area contributed by atoms with Crippen molar-refractivity contribution < 1.29 is 14.3 Å². The summed E-state index contributed by atoms with van der Waals surface area (Å²) in [6.07, 6.45) is 0.618. The minimum absolute atomic E-state index is 0.321. The smallest absolute Gasteiger partial charge is 0.338 e. The topological polar surface area (TPSA) is 55.4 Å². The summed E-state index contributed by atoms with van der Waals surface area (Å²) < 4.78 is 5.20.